The number of fused-ring (bicyclic) bond motifs is 1. The van der Waals surface area contributed by atoms with Crippen LogP contribution in [-0.4, -0.2) is 37.6 Å². The molecule has 7 heteroatoms. The molecule has 0 saturated carbocycles. The second kappa shape index (κ2) is 8.10. The fourth-order valence-electron chi connectivity index (χ4n) is 3.73. The van der Waals surface area contributed by atoms with Crippen molar-refractivity contribution >= 4 is 23.4 Å². The summed E-state index contributed by atoms with van der Waals surface area (Å²) in [7, 11) is 3.23. The fourth-order valence-corrected chi connectivity index (χ4v) is 4.89. The third-order valence-electron chi connectivity index (χ3n) is 5.22. The van der Waals surface area contributed by atoms with Crippen molar-refractivity contribution in [2.75, 3.05) is 31.7 Å². The Bertz CT molecular complexity index is 1000. The minimum Gasteiger partial charge on any atom is -0.497 e. The van der Waals surface area contributed by atoms with Crippen LogP contribution < -0.4 is 14.4 Å². The Kier molecular flexibility index (Phi) is 5.36. The molecule has 0 radical (unpaired) electrons. The summed E-state index contributed by atoms with van der Waals surface area (Å²) in [5.74, 6) is 1.85. The van der Waals surface area contributed by atoms with Gasteiger partial charge in [0.15, 0.2) is 0 Å². The Labute approximate surface area is 174 Å². The van der Waals surface area contributed by atoms with E-state index in [1.165, 1.54) is 11.8 Å². The van der Waals surface area contributed by atoms with Crippen LogP contribution in [0.2, 0.25) is 0 Å². The van der Waals surface area contributed by atoms with E-state index in [2.05, 4.69) is 11.0 Å². The summed E-state index contributed by atoms with van der Waals surface area (Å²) >= 11 is 1.52. The van der Waals surface area contributed by atoms with Crippen molar-refractivity contribution in [2.45, 2.75) is 12.3 Å². The number of hydrogen-bond acceptors (Lipinski definition) is 6. The van der Waals surface area contributed by atoms with Crippen molar-refractivity contribution in [1.82, 2.24) is 4.90 Å². The Morgan fingerprint density at radius 3 is 2.62 bits per heavy atom. The molecular formula is C22H21N3O3S. The minimum atomic E-state index is -0.186. The largest absolute Gasteiger partial charge is 0.497 e. The number of amides is 1. The standard InChI is InChI=1S/C22H21N3O3S/c1-27-16-8-9-19(20(10-16)28-2)24-13-25-21(26)11-17(15-6-4-3-5-7-15)18(12-23)22(25)29-14-24/h3-10,17H,11,13-14H2,1-2H3/t17-/m0/s1. The maximum atomic E-state index is 13.0. The lowest BCUT2D eigenvalue weighted by Crippen LogP contribution is -2.47. The van der Waals surface area contributed by atoms with Gasteiger partial charge in [-0.2, -0.15) is 5.26 Å². The molecule has 1 amide bonds. The zero-order chi connectivity index (χ0) is 20.4. The van der Waals surface area contributed by atoms with Crippen LogP contribution in [0.4, 0.5) is 5.69 Å². The van der Waals surface area contributed by atoms with Gasteiger partial charge in [0.05, 0.1) is 49.1 Å². The average molecular weight is 407 g/mol. The van der Waals surface area contributed by atoms with Gasteiger partial charge in [-0.15, -0.1) is 0 Å². The quantitative estimate of drug-likeness (QED) is 0.765. The molecule has 4 rings (SSSR count). The molecule has 0 spiro atoms. The van der Waals surface area contributed by atoms with Gasteiger partial charge in [-0.3, -0.25) is 9.69 Å². The molecule has 2 heterocycles. The minimum absolute atomic E-state index is 0.0255. The number of thioether (sulfide) groups is 1. The third kappa shape index (κ3) is 3.52. The Hall–Kier alpha value is -3.11. The summed E-state index contributed by atoms with van der Waals surface area (Å²) in [4.78, 5) is 16.8. The van der Waals surface area contributed by atoms with E-state index in [-0.39, 0.29) is 11.8 Å². The molecule has 0 bridgehead atoms. The summed E-state index contributed by atoms with van der Waals surface area (Å²) in [6.45, 7) is 0.385. The lowest BCUT2D eigenvalue weighted by molar-refractivity contribution is -0.129. The van der Waals surface area contributed by atoms with Crippen molar-refractivity contribution in [3.63, 3.8) is 0 Å². The third-order valence-corrected chi connectivity index (χ3v) is 6.38. The molecule has 0 N–H and O–H groups in total. The normalized spacial score (nSPS) is 18.9. The van der Waals surface area contributed by atoms with E-state index < -0.39 is 0 Å². The molecule has 0 aliphatic carbocycles. The molecule has 29 heavy (non-hydrogen) atoms. The predicted octanol–water partition coefficient (Wildman–Crippen LogP) is 3.92. The zero-order valence-electron chi connectivity index (χ0n) is 16.3. The smallest absolute Gasteiger partial charge is 0.229 e. The van der Waals surface area contributed by atoms with Crippen LogP contribution in [0, 0.1) is 11.3 Å². The fraction of sp³-hybridized carbons (Fsp3) is 0.273. The van der Waals surface area contributed by atoms with E-state index in [1.54, 1.807) is 19.1 Å². The highest BCUT2D eigenvalue weighted by Gasteiger charge is 2.38. The first kappa shape index (κ1) is 19.2. The summed E-state index contributed by atoms with van der Waals surface area (Å²) in [5, 5.41) is 10.6. The summed E-state index contributed by atoms with van der Waals surface area (Å²) in [6, 6.07) is 17.8. The summed E-state index contributed by atoms with van der Waals surface area (Å²) < 4.78 is 10.8. The lowest BCUT2D eigenvalue weighted by Gasteiger charge is -2.42. The molecule has 0 aromatic heterocycles. The number of carbonyl (C=O) groups excluding carboxylic acids is 1. The number of hydrogen-bond donors (Lipinski definition) is 0. The van der Waals surface area contributed by atoms with Gasteiger partial charge in [-0.1, -0.05) is 42.1 Å². The first-order chi connectivity index (χ1) is 14.2. The summed E-state index contributed by atoms with van der Waals surface area (Å²) in [5.41, 5.74) is 2.56. The van der Waals surface area contributed by atoms with Gasteiger partial charge in [0, 0.05) is 18.4 Å². The van der Waals surface area contributed by atoms with E-state index in [4.69, 9.17) is 9.47 Å². The molecular weight excluding hydrogens is 386 g/mol. The molecule has 0 unspecified atom stereocenters. The monoisotopic (exact) mass is 407 g/mol. The van der Waals surface area contributed by atoms with Crippen molar-refractivity contribution < 1.29 is 14.3 Å². The predicted molar refractivity (Wildman–Crippen MR) is 113 cm³/mol. The lowest BCUT2D eigenvalue weighted by atomic mass is 9.86. The number of allylic oxidation sites excluding steroid dienone is 1. The average Bonchev–Trinajstić information content (AvgIpc) is 2.79. The topological polar surface area (TPSA) is 65.8 Å². The van der Waals surface area contributed by atoms with Gasteiger partial charge in [-0.25, -0.2) is 0 Å². The van der Waals surface area contributed by atoms with Gasteiger partial charge < -0.3 is 14.4 Å². The van der Waals surface area contributed by atoms with E-state index in [1.807, 2.05) is 48.5 Å². The molecule has 1 atom stereocenters. The maximum Gasteiger partial charge on any atom is 0.229 e. The van der Waals surface area contributed by atoms with Crippen LogP contribution in [0.15, 0.2) is 59.1 Å². The SMILES string of the molecule is COc1ccc(N2CSC3=C(C#N)[C@H](c4ccccc4)CC(=O)N3C2)c(OC)c1. The second-order valence-electron chi connectivity index (χ2n) is 6.81. The molecule has 2 aromatic carbocycles. The number of carbonyl (C=O) groups is 1. The highest BCUT2D eigenvalue weighted by Crippen LogP contribution is 2.44. The van der Waals surface area contributed by atoms with E-state index in [0.29, 0.717) is 36.0 Å². The van der Waals surface area contributed by atoms with Crippen molar-refractivity contribution in [3.05, 3.63) is 64.7 Å². The Morgan fingerprint density at radius 2 is 1.93 bits per heavy atom. The molecule has 2 aliphatic heterocycles. The highest BCUT2D eigenvalue weighted by molar-refractivity contribution is 8.03. The first-order valence-electron chi connectivity index (χ1n) is 9.25. The number of rotatable bonds is 4. The van der Waals surface area contributed by atoms with Crippen LogP contribution >= 0.6 is 11.8 Å². The number of nitriles is 1. The highest BCUT2D eigenvalue weighted by atomic mass is 32.2. The number of nitrogens with zero attached hydrogens (tertiary/aromatic N) is 3. The zero-order valence-corrected chi connectivity index (χ0v) is 17.1. The molecule has 148 valence electrons. The van der Waals surface area contributed by atoms with Crippen LogP contribution in [0.5, 0.6) is 11.5 Å². The van der Waals surface area contributed by atoms with Crippen LogP contribution in [-0.2, 0) is 4.79 Å². The Balaban J connectivity index is 1.66. The van der Waals surface area contributed by atoms with Crippen molar-refractivity contribution in [3.8, 4) is 17.6 Å². The number of ether oxygens (including phenoxy) is 2. The van der Waals surface area contributed by atoms with Crippen molar-refractivity contribution in [1.29, 1.82) is 5.26 Å². The number of benzene rings is 2. The molecule has 2 aliphatic rings. The Morgan fingerprint density at radius 1 is 1.14 bits per heavy atom. The van der Waals surface area contributed by atoms with Gasteiger partial charge >= 0.3 is 0 Å². The molecule has 2 aromatic rings. The molecule has 1 fully saturated rings. The van der Waals surface area contributed by atoms with E-state index in [0.717, 1.165) is 16.3 Å². The first-order valence-corrected chi connectivity index (χ1v) is 10.2. The van der Waals surface area contributed by atoms with Gasteiger partial charge in [0.1, 0.15) is 11.5 Å². The maximum absolute atomic E-state index is 13.0. The van der Waals surface area contributed by atoms with Gasteiger partial charge in [0.25, 0.3) is 0 Å². The van der Waals surface area contributed by atoms with Crippen LogP contribution in [0.1, 0.15) is 17.9 Å². The van der Waals surface area contributed by atoms with Crippen LogP contribution in [0.3, 0.4) is 0 Å². The van der Waals surface area contributed by atoms with Crippen LogP contribution in [0.25, 0.3) is 0 Å². The molecule has 1 saturated heterocycles. The second-order valence-corrected chi connectivity index (χ2v) is 7.75. The number of methoxy groups -OCH3 is 2. The van der Waals surface area contributed by atoms with E-state index >= 15 is 0 Å². The summed E-state index contributed by atoms with van der Waals surface area (Å²) in [6.07, 6.45) is 0.296. The molecule has 6 nitrogen and oxygen atoms in total. The van der Waals surface area contributed by atoms with Gasteiger partial charge in [0.2, 0.25) is 5.91 Å². The van der Waals surface area contributed by atoms with Crippen molar-refractivity contribution in [2.24, 2.45) is 0 Å². The van der Waals surface area contributed by atoms with E-state index in [9.17, 15) is 10.1 Å². The van der Waals surface area contributed by atoms with Gasteiger partial charge in [-0.05, 0) is 17.7 Å². The number of anilines is 1.